The molecule has 0 fully saturated rings. The third-order valence-corrected chi connectivity index (χ3v) is 5.74. The van der Waals surface area contributed by atoms with Crippen molar-refractivity contribution < 1.29 is 27.5 Å². The molecule has 9 heteroatoms. The lowest BCUT2D eigenvalue weighted by Crippen LogP contribution is -2.43. The molecule has 1 aromatic carbocycles. The van der Waals surface area contributed by atoms with Crippen LogP contribution in [0.2, 0.25) is 0 Å². The van der Waals surface area contributed by atoms with Crippen molar-refractivity contribution in [2.45, 2.75) is 45.3 Å². The van der Waals surface area contributed by atoms with E-state index in [4.69, 9.17) is 9.47 Å². The highest BCUT2D eigenvalue weighted by Gasteiger charge is 2.25. The van der Waals surface area contributed by atoms with Crippen LogP contribution in [0, 0.1) is 0 Å². The lowest BCUT2D eigenvalue weighted by atomic mass is 9.86. The Balaban J connectivity index is 2.11. The molecule has 1 aromatic heterocycles. The molecule has 174 valence electrons. The number of benzene rings is 1. The van der Waals surface area contributed by atoms with Crippen LogP contribution >= 0.6 is 0 Å². The third kappa shape index (κ3) is 7.96. The van der Waals surface area contributed by atoms with Crippen LogP contribution in [0.25, 0.3) is 0 Å². The van der Waals surface area contributed by atoms with Crippen LogP contribution in [0.4, 0.5) is 0 Å². The third-order valence-electron chi connectivity index (χ3n) is 4.77. The maximum Gasteiger partial charge on any atom is 0.329 e. The van der Waals surface area contributed by atoms with Gasteiger partial charge in [0.2, 0.25) is 0 Å². The molecule has 1 atom stereocenters. The van der Waals surface area contributed by atoms with Gasteiger partial charge in [-0.3, -0.25) is 9.78 Å². The summed E-state index contributed by atoms with van der Waals surface area (Å²) in [4.78, 5) is 29.5. The van der Waals surface area contributed by atoms with E-state index in [0.29, 0.717) is 17.0 Å². The molecule has 0 aliphatic heterocycles. The predicted octanol–water partition coefficient (Wildman–Crippen LogP) is 2.66. The number of amides is 1. The van der Waals surface area contributed by atoms with E-state index in [2.05, 4.69) is 31.1 Å². The quantitative estimate of drug-likeness (QED) is 0.570. The van der Waals surface area contributed by atoms with Gasteiger partial charge in [-0.1, -0.05) is 32.9 Å². The van der Waals surface area contributed by atoms with Gasteiger partial charge in [-0.05, 0) is 35.6 Å². The van der Waals surface area contributed by atoms with E-state index >= 15 is 0 Å². The number of hydrogen-bond donors (Lipinski definition) is 1. The second-order valence-corrected chi connectivity index (χ2v) is 10.8. The summed E-state index contributed by atoms with van der Waals surface area (Å²) in [5.74, 6) is -0.932. The minimum atomic E-state index is -3.34. The van der Waals surface area contributed by atoms with Crippen LogP contribution in [0.3, 0.4) is 0 Å². The number of aromatic nitrogens is 1. The number of hydrogen-bond acceptors (Lipinski definition) is 7. The van der Waals surface area contributed by atoms with E-state index in [-0.39, 0.29) is 24.2 Å². The Bertz CT molecular complexity index is 1040. The van der Waals surface area contributed by atoms with Crippen LogP contribution in [0.15, 0.2) is 42.6 Å². The second kappa shape index (κ2) is 10.6. The van der Waals surface area contributed by atoms with Gasteiger partial charge in [-0.25, -0.2) is 13.2 Å². The van der Waals surface area contributed by atoms with E-state index in [9.17, 15) is 18.0 Å². The van der Waals surface area contributed by atoms with Crippen molar-refractivity contribution in [2.24, 2.45) is 0 Å². The highest BCUT2D eigenvalue weighted by atomic mass is 32.2. The molecule has 1 N–H and O–H groups in total. The molecule has 0 saturated heterocycles. The minimum absolute atomic E-state index is 0.0645. The zero-order chi connectivity index (χ0) is 23.9. The monoisotopic (exact) mass is 462 g/mol. The number of ether oxygens (including phenoxy) is 2. The van der Waals surface area contributed by atoms with Crippen LogP contribution in [-0.4, -0.2) is 50.4 Å². The summed E-state index contributed by atoms with van der Waals surface area (Å²) in [6, 6.07) is 9.22. The van der Waals surface area contributed by atoms with Crippen LogP contribution < -0.4 is 10.1 Å². The SMILES string of the molecule is COc1ccnc(COC(=O)C(CCS(C)(=O)=O)NC(=O)c2ccc(C(C)(C)C)cc2)c1. The van der Waals surface area contributed by atoms with Crippen LogP contribution in [0.1, 0.15) is 48.8 Å². The molecule has 2 aromatic rings. The average Bonchev–Trinajstić information content (AvgIpc) is 2.73. The van der Waals surface area contributed by atoms with Crippen LogP contribution in [-0.2, 0) is 31.4 Å². The summed E-state index contributed by atoms with van der Waals surface area (Å²) >= 11 is 0. The van der Waals surface area contributed by atoms with Crippen LogP contribution in [0.5, 0.6) is 5.75 Å². The molecule has 0 spiro atoms. The highest BCUT2D eigenvalue weighted by Crippen LogP contribution is 2.22. The van der Waals surface area contributed by atoms with E-state index < -0.39 is 27.8 Å². The Kier molecular flexibility index (Phi) is 8.38. The first-order valence-electron chi connectivity index (χ1n) is 10.1. The summed E-state index contributed by atoms with van der Waals surface area (Å²) in [6.45, 7) is 6.06. The molecule has 1 amide bonds. The number of methoxy groups -OCH3 is 1. The van der Waals surface area contributed by atoms with E-state index in [1.54, 1.807) is 24.3 Å². The van der Waals surface area contributed by atoms with Crippen molar-refractivity contribution in [1.29, 1.82) is 0 Å². The largest absolute Gasteiger partial charge is 0.497 e. The Morgan fingerprint density at radius 2 is 1.78 bits per heavy atom. The summed E-state index contributed by atoms with van der Waals surface area (Å²) in [6.07, 6.45) is 2.49. The smallest absolute Gasteiger partial charge is 0.329 e. The lowest BCUT2D eigenvalue weighted by molar-refractivity contribution is -0.147. The molecule has 32 heavy (non-hydrogen) atoms. The maximum absolute atomic E-state index is 12.7. The van der Waals surface area contributed by atoms with Gasteiger partial charge in [0, 0.05) is 24.1 Å². The molecule has 1 unspecified atom stereocenters. The molecule has 0 saturated carbocycles. The highest BCUT2D eigenvalue weighted by molar-refractivity contribution is 7.90. The standard InChI is InChI=1S/C23H30N2O6S/c1-23(2,3)17-8-6-16(7-9-17)21(26)25-20(11-13-32(5,28)29)22(27)31-15-18-14-19(30-4)10-12-24-18/h6-10,12,14,20H,11,13,15H2,1-5H3,(H,25,26). The number of rotatable bonds is 9. The van der Waals surface area contributed by atoms with Gasteiger partial charge in [0.25, 0.3) is 5.91 Å². The average molecular weight is 463 g/mol. The Hall–Kier alpha value is -2.94. The van der Waals surface area contributed by atoms with Crippen molar-refractivity contribution in [3.05, 3.63) is 59.4 Å². The van der Waals surface area contributed by atoms with Gasteiger partial charge in [-0.15, -0.1) is 0 Å². The topological polar surface area (TPSA) is 112 Å². The molecule has 8 nitrogen and oxygen atoms in total. The summed E-state index contributed by atoms with van der Waals surface area (Å²) in [7, 11) is -1.83. The second-order valence-electron chi connectivity index (χ2n) is 8.57. The van der Waals surface area contributed by atoms with Gasteiger partial charge in [0.05, 0.1) is 18.6 Å². The van der Waals surface area contributed by atoms with Crippen molar-refractivity contribution in [3.63, 3.8) is 0 Å². The Morgan fingerprint density at radius 3 is 2.34 bits per heavy atom. The molecular formula is C23H30N2O6S. The number of sulfone groups is 1. The van der Waals surface area contributed by atoms with Crippen molar-refractivity contribution in [2.75, 3.05) is 19.1 Å². The van der Waals surface area contributed by atoms with E-state index in [1.807, 2.05) is 12.1 Å². The van der Waals surface area contributed by atoms with Gasteiger partial charge in [0.1, 0.15) is 28.2 Å². The summed E-state index contributed by atoms with van der Waals surface area (Å²) in [5.41, 5.74) is 1.83. The van der Waals surface area contributed by atoms with E-state index in [0.717, 1.165) is 11.8 Å². The molecule has 0 bridgehead atoms. The number of carbonyl (C=O) groups excluding carboxylic acids is 2. The Labute approximate surface area is 189 Å². The molecule has 1 heterocycles. The molecule has 0 aliphatic carbocycles. The number of esters is 1. The number of nitrogens with one attached hydrogen (secondary N) is 1. The van der Waals surface area contributed by atoms with Crippen molar-refractivity contribution >= 4 is 21.7 Å². The first-order valence-corrected chi connectivity index (χ1v) is 12.2. The minimum Gasteiger partial charge on any atom is -0.497 e. The van der Waals surface area contributed by atoms with Gasteiger partial charge < -0.3 is 14.8 Å². The van der Waals surface area contributed by atoms with Crippen molar-refractivity contribution in [1.82, 2.24) is 10.3 Å². The molecule has 0 radical (unpaired) electrons. The van der Waals surface area contributed by atoms with Gasteiger partial charge in [0.15, 0.2) is 0 Å². The summed E-state index contributed by atoms with van der Waals surface area (Å²) < 4.78 is 33.6. The molecular weight excluding hydrogens is 432 g/mol. The fourth-order valence-electron chi connectivity index (χ4n) is 2.85. The van der Waals surface area contributed by atoms with Gasteiger partial charge in [-0.2, -0.15) is 0 Å². The number of carbonyl (C=O) groups is 2. The zero-order valence-electron chi connectivity index (χ0n) is 19.0. The Morgan fingerprint density at radius 1 is 1.12 bits per heavy atom. The fourth-order valence-corrected chi connectivity index (χ4v) is 3.52. The van der Waals surface area contributed by atoms with E-state index in [1.165, 1.54) is 13.3 Å². The van der Waals surface area contributed by atoms with Crippen molar-refractivity contribution in [3.8, 4) is 5.75 Å². The number of nitrogens with zero attached hydrogens (tertiary/aromatic N) is 1. The summed E-state index contributed by atoms with van der Waals surface area (Å²) in [5, 5.41) is 2.60. The van der Waals surface area contributed by atoms with Gasteiger partial charge >= 0.3 is 5.97 Å². The lowest BCUT2D eigenvalue weighted by Gasteiger charge is -2.20. The first-order chi connectivity index (χ1) is 14.9. The zero-order valence-corrected chi connectivity index (χ0v) is 19.9. The predicted molar refractivity (Wildman–Crippen MR) is 121 cm³/mol. The normalized spacial score (nSPS) is 12.7. The maximum atomic E-state index is 12.7. The molecule has 0 aliphatic rings. The molecule has 2 rings (SSSR count). The first kappa shape index (κ1) is 25.3. The number of pyridine rings is 1. The fraction of sp³-hybridized carbons (Fsp3) is 0.435.